The Kier molecular flexibility index (Phi) is 6.04. The van der Waals surface area contributed by atoms with Gasteiger partial charge in [0.05, 0.1) is 10.6 Å². The number of nitrogens with one attached hydrogen (secondary N) is 2. The van der Waals surface area contributed by atoms with Gasteiger partial charge in [-0.2, -0.15) is 0 Å². The molecule has 1 heterocycles. The van der Waals surface area contributed by atoms with Crippen molar-refractivity contribution in [2.75, 3.05) is 5.32 Å². The first kappa shape index (κ1) is 20.3. The third kappa shape index (κ3) is 4.71. The fraction of sp³-hybridized carbons (Fsp3) is 0.118. The molecule has 11 heteroatoms. The molecule has 2 N–H and O–H groups in total. The van der Waals surface area contributed by atoms with Gasteiger partial charge < -0.3 is 0 Å². The molecule has 0 fully saturated rings. The maximum atomic E-state index is 13.0. The van der Waals surface area contributed by atoms with Crippen molar-refractivity contribution in [3.63, 3.8) is 0 Å². The van der Waals surface area contributed by atoms with Crippen LogP contribution in [0, 0.1) is 5.82 Å². The van der Waals surface area contributed by atoms with Crippen molar-refractivity contribution in [1.82, 2.24) is 14.9 Å². The van der Waals surface area contributed by atoms with Crippen LogP contribution in [-0.4, -0.2) is 24.5 Å². The largest absolute Gasteiger partial charge is 0.296 e. The molecule has 0 aliphatic heterocycles. The number of benzene rings is 2. The van der Waals surface area contributed by atoms with Gasteiger partial charge in [0.1, 0.15) is 5.82 Å². The van der Waals surface area contributed by atoms with E-state index in [2.05, 4.69) is 20.2 Å². The molecule has 0 aliphatic rings. The van der Waals surface area contributed by atoms with E-state index >= 15 is 0 Å². The van der Waals surface area contributed by atoms with Crippen LogP contribution in [-0.2, 0) is 10.0 Å². The maximum Gasteiger partial charge on any atom is 0.270 e. The lowest BCUT2D eigenvalue weighted by molar-refractivity contribution is 0.102. The van der Waals surface area contributed by atoms with Gasteiger partial charge in [0.25, 0.3) is 15.9 Å². The Morgan fingerprint density at radius 3 is 2.50 bits per heavy atom. The molecule has 28 heavy (non-hydrogen) atoms. The van der Waals surface area contributed by atoms with Gasteiger partial charge in [0.15, 0.2) is 0 Å². The van der Waals surface area contributed by atoms with Crippen molar-refractivity contribution in [2.24, 2.45) is 0 Å². The number of carbonyl (C=O) groups excluding carboxylic acids is 1. The van der Waals surface area contributed by atoms with Crippen molar-refractivity contribution in [1.29, 1.82) is 0 Å². The number of anilines is 1. The summed E-state index contributed by atoms with van der Waals surface area (Å²) in [4.78, 5) is 12.2. The van der Waals surface area contributed by atoms with E-state index in [0.29, 0.717) is 16.9 Å². The topological polar surface area (TPSA) is 101 Å². The second-order valence-corrected chi connectivity index (χ2v) is 8.97. The highest BCUT2D eigenvalue weighted by Crippen LogP contribution is 2.24. The molecule has 0 aliphatic carbocycles. The van der Waals surface area contributed by atoms with E-state index in [1.807, 2.05) is 0 Å². The monoisotopic (exact) mass is 440 g/mol. The Hall–Kier alpha value is -2.40. The first-order valence-electron chi connectivity index (χ1n) is 7.93. The number of sulfonamides is 1. The van der Waals surface area contributed by atoms with E-state index in [0.717, 1.165) is 0 Å². The molecular formula is C17H14ClFN4O3S2. The van der Waals surface area contributed by atoms with Crippen LogP contribution < -0.4 is 10.0 Å². The van der Waals surface area contributed by atoms with Crippen LogP contribution in [0.15, 0.2) is 52.9 Å². The molecule has 146 valence electrons. The smallest absolute Gasteiger partial charge is 0.270 e. The first-order valence-corrected chi connectivity index (χ1v) is 10.6. The van der Waals surface area contributed by atoms with E-state index in [4.69, 9.17) is 11.6 Å². The molecule has 1 amide bonds. The Morgan fingerprint density at radius 1 is 1.14 bits per heavy atom. The minimum atomic E-state index is -3.98. The maximum absolute atomic E-state index is 13.0. The van der Waals surface area contributed by atoms with Crippen molar-refractivity contribution < 1.29 is 17.6 Å². The van der Waals surface area contributed by atoms with Crippen LogP contribution in [0.5, 0.6) is 0 Å². The minimum Gasteiger partial charge on any atom is -0.296 e. The third-order valence-electron chi connectivity index (χ3n) is 3.68. The van der Waals surface area contributed by atoms with Crippen LogP contribution in [0.3, 0.4) is 0 Å². The quantitative estimate of drug-likeness (QED) is 0.570. The highest BCUT2D eigenvalue weighted by atomic mass is 35.5. The highest BCUT2D eigenvalue weighted by molar-refractivity contribution is 7.91. The van der Waals surface area contributed by atoms with Gasteiger partial charge in [0.2, 0.25) is 9.47 Å². The Balaban J connectivity index is 1.72. The lowest BCUT2D eigenvalue weighted by Gasteiger charge is -2.12. The Morgan fingerprint density at radius 2 is 1.82 bits per heavy atom. The van der Waals surface area contributed by atoms with Crippen LogP contribution in [0.25, 0.3) is 0 Å². The summed E-state index contributed by atoms with van der Waals surface area (Å²) in [6.07, 6.45) is 0. The molecule has 0 bridgehead atoms. The molecule has 1 atom stereocenters. The summed E-state index contributed by atoms with van der Waals surface area (Å²) >= 11 is 6.67. The summed E-state index contributed by atoms with van der Waals surface area (Å²) in [6.45, 7) is 1.62. The van der Waals surface area contributed by atoms with Crippen molar-refractivity contribution in [2.45, 2.75) is 17.3 Å². The normalized spacial score (nSPS) is 12.5. The van der Waals surface area contributed by atoms with E-state index in [1.54, 1.807) is 25.1 Å². The van der Waals surface area contributed by atoms with E-state index < -0.39 is 27.8 Å². The summed E-state index contributed by atoms with van der Waals surface area (Å²) in [7, 11) is -3.98. The molecule has 0 spiro atoms. The number of halogens is 2. The summed E-state index contributed by atoms with van der Waals surface area (Å²) in [5.41, 5.74) is 0.813. The average Bonchev–Trinajstić information content (AvgIpc) is 3.11. The van der Waals surface area contributed by atoms with Crippen LogP contribution >= 0.6 is 22.9 Å². The van der Waals surface area contributed by atoms with Gasteiger partial charge in [-0.3, -0.25) is 10.1 Å². The van der Waals surface area contributed by atoms with E-state index in [1.165, 1.54) is 30.3 Å². The molecule has 0 saturated heterocycles. The summed E-state index contributed by atoms with van der Waals surface area (Å²) in [5.74, 6) is -0.944. The van der Waals surface area contributed by atoms with Gasteiger partial charge in [-0.15, -0.1) is 10.2 Å². The molecule has 1 aromatic heterocycles. The minimum absolute atomic E-state index is 0.0136. The van der Waals surface area contributed by atoms with Gasteiger partial charge in [-0.1, -0.05) is 47.2 Å². The lowest BCUT2D eigenvalue weighted by Crippen LogP contribution is -2.26. The number of carbonyl (C=O) groups is 1. The summed E-state index contributed by atoms with van der Waals surface area (Å²) in [6, 6.07) is 11.3. The number of hydrogen-bond acceptors (Lipinski definition) is 6. The fourth-order valence-corrected chi connectivity index (χ4v) is 4.65. The lowest BCUT2D eigenvalue weighted by atomic mass is 10.1. The number of nitrogens with zero attached hydrogens (tertiary/aromatic N) is 2. The van der Waals surface area contributed by atoms with Crippen molar-refractivity contribution in [3.8, 4) is 0 Å². The molecule has 2 aromatic carbocycles. The second-order valence-electron chi connectivity index (χ2n) is 5.70. The molecule has 3 rings (SSSR count). The standard InChI is InChI=1S/C17H14ClFN4O3S2/c1-10(11-6-8-12(19)9-7-11)23-28(25,26)17-22-21-16(27-17)20-15(24)13-4-2-3-5-14(13)18/h2-10,23H,1H3,(H,20,21,24)/t10-/m0/s1. The fourth-order valence-electron chi connectivity index (χ4n) is 2.28. The highest BCUT2D eigenvalue weighted by Gasteiger charge is 2.24. The number of hydrogen-bond donors (Lipinski definition) is 2. The van der Waals surface area contributed by atoms with Crippen molar-refractivity contribution in [3.05, 3.63) is 70.5 Å². The molecule has 3 aromatic rings. The van der Waals surface area contributed by atoms with E-state index in [-0.39, 0.29) is 20.1 Å². The first-order chi connectivity index (χ1) is 13.3. The van der Waals surface area contributed by atoms with Crippen LogP contribution in [0.2, 0.25) is 5.02 Å². The number of amides is 1. The van der Waals surface area contributed by atoms with Crippen LogP contribution in [0.4, 0.5) is 9.52 Å². The Labute approximate surface area is 169 Å². The third-order valence-corrected chi connectivity index (χ3v) is 6.75. The SMILES string of the molecule is C[C@H](NS(=O)(=O)c1nnc(NC(=O)c2ccccc2Cl)s1)c1ccc(F)cc1. The molecular weight excluding hydrogens is 427 g/mol. The second kappa shape index (κ2) is 8.31. The molecule has 0 saturated carbocycles. The zero-order valence-corrected chi connectivity index (χ0v) is 16.8. The average molecular weight is 441 g/mol. The van der Waals surface area contributed by atoms with Gasteiger partial charge in [0, 0.05) is 6.04 Å². The zero-order valence-electron chi connectivity index (χ0n) is 14.4. The summed E-state index contributed by atoms with van der Waals surface area (Å²) < 4.78 is 40.1. The van der Waals surface area contributed by atoms with Crippen molar-refractivity contribution >= 4 is 44.0 Å². The number of aromatic nitrogens is 2. The van der Waals surface area contributed by atoms with Gasteiger partial charge >= 0.3 is 0 Å². The van der Waals surface area contributed by atoms with E-state index in [9.17, 15) is 17.6 Å². The summed E-state index contributed by atoms with van der Waals surface area (Å²) in [5, 5.41) is 10.1. The zero-order chi connectivity index (χ0) is 20.3. The molecule has 0 radical (unpaired) electrons. The van der Waals surface area contributed by atoms with Gasteiger partial charge in [-0.05, 0) is 36.8 Å². The molecule has 0 unspecified atom stereocenters. The van der Waals surface area contributed by atoms with Crippen LogP contribution in [0.1, 0.15) is 28.9 Å². The Bertz CT molecular complexity index is 1100. The molecule has 7 nitrogen and oxygen atoms in total. The predicted octanol–water partition coefficient (Wildman–Crippen LogP) is 3.62. The van der Waals surface area contributed by atoms with Gasteiger partial charge in [-0.25, -0.2) is 17.5 Å². The predicted molar refractivity (Wildman–Crippen MR) is 104 cm³/mol. The number of rotatable bonds is 6.